The minimum absolute atomic E-state index is 0.1000. The number of hydrogen-bond acceptors (Lipinski definition) is 2. The second-order valence-corrected chi connectivity index (χ2v) is 4.48. The quantitative estimate of drug-likeness (QED) is 0.501. The zero-order chi connectivity index (χ0) is 10.7. The van der Waals surface area contributed by atoms with Crippen molar-refractivity contribution in [3.05, 3.63) is 12.2 Å². The molecule has 0 saturated heterocycles. The molecule has 0 heterocycles. The van der Waals surface area contributed by atoms with Crippen molar-refractivity contribution in [2.75, 3.05) is 0 Å². The van der Waals surface area contributed by atoms with Crippen LogP contribution in [0.1, 0.15) is 40.0 Å². The van der Waals surface area contributed by atoms with Gasteiger partial charge in [0.25, 0.3) is 0 Å². The summed E-state index contributed by atoms with van der Waals surface area (Å²) in [5.74, 6) is 0.870. The second-order valence-electron chi connectivity index (χ2n) is 4.48. The smallest absolute Gasteiger partial charge is 0.302 e. The Morgan fingerprint density at radius 1 is 1.36 bits per heavy atom. The Bertz CT molecular complexity index is 232. The number of ether oxygens (including phenoxy) is 1. The van der Waals surface area contributed by atoms with Gasteiger partial charge in [-0.15, -0.1) is 0 Å². The van der Waals surface area contributed by atoms with Gasteiger partial charge in [-0.1, -0.05) is 19.1 Å². The van der Waals surface area contributed by atoms with E-state index >= 15 is 0 Å². The van der Waals surface area contributed by atoms with Gasteiger partial charge in [0.2, 0.25) is 0 Å². The molecule has 2 nitrogen and oxygen atoms in total. The van der Waals surface area contributed by atoms with E-state index in [1.54, 1.807) is 0 Å². The molecule has 1 saturated carbocycles. The van der Waals surface area contributed by atoms with Crippen molar-refractivity contribution >= 4 is 5.97 Å². The van der Waals surface area contributed by atoms with Crippen LogP contribution in [0.25, 0.3) is 0 Å². The van der Waals surface area contributed by atoms with Crippen LogP contribution in [0.15, 0.2) is 12.2 Å². The lowest BCUT2D eigenvalue weighted by Crippen LogP contribution is -2.31. The molecular weight excluding hydrogens is 176 g/mol. The summed E-state index contributed by atoms with van der Waals surface area (Å²) in [6.45, 7) is 9.68. The zero-order valence-corrected chi connectivity index (χ0v) is 9.38. The molecule has 2 heteroatoms. The van der Waals surface area contributed by atoms with E-state index in [1.807, 2.05) is 0 Å². The predicted octanol–water partition coefficient (Wildman–Crippen LogP) is 2.93. The number of carbonyl (C=O) groups is 1. The van der Waals surface area contributed by atoms with Crippen molar-refractivity contribution in [1.82, 2.24) is 0 Å². The average molecular weight is 196 g/mol. The third-order valence-electron chi connectivity index (χ3n) is 3.14. The Morgan fingerprint density at radius 2 is 2.00 bits per heavy atom. The van der Waals surface area contributed by atoms with Crippen LogP contribution in [0.2, 0.25) is 0 Å². The zero-order valence-electron chi connectivity index (χ0n) is 9.38. The van der Waals surface area contributed by atoms with E-state index in [0.29, 0.717) is 11.8 Å². The van der Waals surface area contributed by atoms with E-state index < -0.39 is 0 Å². The highest BCUT2D eigenvalue weighted by Crippen LogP contribution is 2.34. The van der Waals surface area contributed by atoms with Gasteiger partial charge in [-0.3, -0.25) is 4.79 Å². The first-order valence-corrected chi connectivity index (χ1v) is 5.33. The lowest BCUT2D eigenvalue weighted by Gasteiger charge is -2.33. The Labute approximate surface area is 86.3 Å². The molecule has 0 aromatic carbocycles. The van der Waals surface area contributed by atoms with Crippen LogP contribution < -0.4 is 0 Å². The first-order valence-electron chi connectivity index (χ1n) is 5.33. The molecule has 0 aromatic rings. The minimum Gasteiger partial charge on any atom is -0.462 e. The van der Waals surface area contributed by atoms with Gasteiger partial charge < -0.3 is 4.74 Å². The van der Waals surface area contributed by atoms with E-state index in [2.05, 4.69) is 20.4 Å². The lowest BCUT2D eigenvalue weighted by atomic mass is 9.78. The van der Waals surface area contributed by atoms with Gasteiger partial charge in [-0.25, -0.2) is 0 Å². The Hall–Kier alpha value is -0.790. The third kappa shape index (κ3) is 2.86. The standard InChI is InChI=1S/C12H20O2/c1-8(2)11-6-5-9(3)12(7-11)14-10(4)13/h9,11-12H,1,5-7H2,2-4H3/t9?,11-,12?/m1/s1. The number of rotatable bonds is 2. The molecule has 0 radical (unpaired) electrons. The van der Waals surface area contributed by atoms with Crippen LogP contribution >= 0.6 is 0 Å². The normalized spacial score (nSPS) is 32.4. The van der Waals surface area contributed by atoms with Crippen molar-refractivity contribution < 1.29 is 9.53 Å². The molecule has 1 rings (SSSR count). The molecule has 0 spiro atoms. The van der Waals surface area contributed by atoms with Crippen molar-refractivity contribution in [3.8, 4) is 0 Å². The Kier molecular flexibility index (Phi) is 3.73. The van der Waals surface area contributed by atoms with Crippen LogP contribution in [0.4, 0.5) is 0 Å². The molecule has 80 valence electrons. The van der Waals surface area contributed by atoms with Gasteiger partial charge in [-0.05, 0) is 38.0 Å². The van der Waals surface area contributed by atoms with Crippen LogP contribution in [0.3, 0.4) is 0 Å². The maximum atomic E-state index is 10.9. The number of allylic oxidation sites excluding steroid dienone is 1. The first kappa shape index (κ1) is 11.3. The summed E-state index contributed by atoms with van der Waals surface area (Å²) in [4.78, 5) is 10.9. The summed E-state index contributed by atoms with van der Waals surface area (Å²) in [5, 5.41) is 0. The summed E-state index contributed by atoms with van der Waals surface area (Å²) in [5.41, 5.74) is 1.22. The highest BCUT2D eigenvalue weighted by Gasteiger charge is 2.29. The van der Waals surface area contributed by atoms with E-state index in [1.165, 1.54) is 18.9 Å². The van der Waals surface area contributed by atoms with Crippen molar-refractivity contribution in [2.24, 2.45) is 11.8 Å². The lowest BCUT2D eigenvalue weighted by molar-refractivity contribution is -0.151. The first-order chi connectivity index (χ1) is 6.50. The molecule has 14 heavy (non-hydrogen) atoms. The summed E-state index contributed by atoms with van der Waals surface area (Å²) in [6.07, 6.45) is 3.38. The fourth-order valence-corrected chi connectivity index (χ4v) is 2.11. The molecule has 0 aromatic heterocycles. The predicted molar refractivity (Wildman–Crippen MR) is 56.9 cm³/mol. The van der Waals surface area contributed by atoms with Crippen molar-refractivity contribution in [2.45, 2.75) is 46.1 Å². The average Bonchev–Trinajstić information content (AvgIpc) is 2.07. The molecule has 0 N–H and O–H groups in total. The van der Waals surface area contributed by atoms with Gasteiger partial charge in [0, 0.05) is 6.92 Å². The molecule has 1 fully saturated rings. The molecule has 0 bridgehead atoms. The molecule has 1 aliphatic carbocycles. The summed E-state index contributed by atoms with van der Waals surface area (Å²) < 4.78 is 5.30. The Morgan fingerprint density at radius 3 is 2.50 bits per heavy atom. The summed E-state index contributed by atoms with van der Waals surface area (Å²) in [6, 6.07) is 0. The SMILES string of the molecule is C=C(C)[C@@H]1CCC(C)C(OC(C)=O)C1. The van der Waals surface area contributed by atoms with Gasteiger partial charge in [0.1, 0.15) is 6.10 Å². The number of carbonyl (C=O) groups excluding carboxylic acids is 1. The van der Waals surface area contributed by atoms with Gasteiger partial charge in [-0.2, -0.15) is 0 Å². The molecule has 3 atom stereocenters. The van der Waals surface area contributed by atoms with Crippen molar-refractivity contribution in [1.29, 1.82) is 0 Å². The monoisotopic (exact) mass is 196 g/mol. The molecule has 0 aliphatic heterocycles. The second kappa shape index (κ2) is 4.63. The molecule has 1 aliphatic rings. The van der Waals surface area contributed by atoms with E-state index in [4.69, 9.17) is 4.74 Å². The van der Waals surface area contributed by atoms with Crippen LogP contribution in [0, 0.1) is 11.8 Å². The maximum absolute atomic E-state index is 10.9. The highest BCUT2D eigenvalue weighted by atomic mass is 16.5. The van der Waals surface area contributed by atoms with E-state index in [0.717, 1.165) is 12.8 Å². The van der Waals surface area contributed by atoms with Gasteiger partial charge in [0.15, 0.2) is 0 Å². The Balaban J connectivity index is 2.55. The van der Waals surface area contributed by atoms with Crippen LogP contribution in [-0.4, -0.2) is 12.1 Å². The summed E-state index contributed by atoms with van der Waals surface area (Å²) >= 11 is 0. The number of hydrogen-bond donors (Lipinski definition) is 0. The fraction of sp³-hybridized carbons (Fsp3) is 0.750. The maximum Gasteiger partial charge on any atom is 0.302 e. The highest BCUT2D eigenvalue weighted by molar-refractivity contribution is 5.66. The topological polar surface area (TPSA) is 26.3 Å². The summed E-state index contributed by atoms with van der Waals surface area (Å²) in [7, 11) is 0. The van der Waals surface area contributed by atoms with Crippen molar-refractivity contribution in [3.63, 3.8) is 0 Å². The molecule has 0 amide bonds. The minimum atomic E-state index is -0.163. The number of esters is 1. The van der Waals surface area contributed by atoms with Crippen LogP contribution in [-0.2, 0) is 9.53 Å². The largest absolute Gasteiger partial charge is 0.462 e. The molecule has 2 unspecified atom stereocenters. The van der Waals surface area contributed by atoms with Crippen LogP contribution in [0.5, 0.6) is 0 Å². The van der Waals surface area contributed by atoms with Gasteiger partial charge >= 0.3 is 5.97 Å². The van der Waals surface area contributed by atoms with E-state index in [-0.39, 0.29) is 12.1 Å². The van der Waals surface area contributed by atoms with Gasteiger partial charge in [0.05, 0.1) is 0 Å². The molecular formula is C12H20O2. The third-order valence-corrected chi connectivity index (χ3v) is 3.14. The fourth-order valence-electron chi connectivity index (χ4n) is 2.11. The van der Waals surface area contributed by atoms with E-state index in [9.17, 15) is 4.79 Å².